The van der Waals surface area contributed by atoms with Crippen LogP contribution in [0.15, 0.2) is 45.8 Å². The Hall–Kier alpha value is -1.63. The molecular weight excluding hydrogens is 430 g/mol. The molecule has 1 aliphatic heterocycles. The topological polar surface area (TPSA) is 29.5 Å². The molecular formula is C20H18BrNO2S2. The maximum absolute atomic E-state index is 13.0. The average molecular weight is 448 g/mol. The second-order valence-electron chi connectivity index (χ2n) is 5.92. The van der Waals surface area contributed by atoms with Gasteiger partial charge in [-0.25, -0.2) is 0 Å². The zero-order valence-corrected chi connectivity index (χ0v) is 17.9. The van der Waals surface area contributed by atoms with Crippen molar-refractivity contribution in [1.82, 2.24) is 0 Å². The molecule has 0 saturated carbocycles. The second kappa shape index (κ2) is 7.94. The van der Waals surface area contributed by atoms with Gasteiger partial charge in [0, 0.05) is 10.0 Å². The smallest absolute Gasteiger partial charge is 0.270 e. The third kappa shape index (κ3) is 3.87. The molecule has 1 heterocycles. The van der Waals surface area contributed by atoms with Crippen LogP contribution in [-0.4, -0.2) is 16.8 Å². The highest BCUT2D eigenvalue weighted by atomic mass is 79.9. The number of carbonyl (C=O) groups is 1. The van der Waals surface area contributed by atoms with Crippen LogP contribution >= 0.6 is 39.9 Å². The summed E-state index contributed by atoms with van der Waals surface area (Å²) in [4.78, 5) is 15.2. The standard InChI is InChI=1S/C20H18BrNO2S2/c1-4-24-17-8-6-15(21)10-14(17)11-18-19(23)22(20(25)26-18)16-7-5-12(2)9-13(16)3/h5-11H,4H2,1-3H3/b18-11-. The highest BCUT2D eigenvalue weighted by Gasteiger charge is 2.34. The zero-order valence-electron chi connectivity index (χ0n) is 14.7. The van der Waals surface area contributed by atoms with E-state index in [1.54, 1.807) is 4.90 Å². The summed E-state index contributed by atoms with van der Waals surface area (Å²) in [5, 5.41) is 0. The van der Waals surface area contributed by atoms with Gasteiger partial charge in [0.25, 0.3) is 5.91 Å². The monoisotopic (exact) mass is 447 g/mol. The maximum atomic E-state index is 13.0. The van der Waals surface area contributed by atoms with Crippen LogP contribution in [0.1, 0.15) is 23.6 Å². The van der Waals surface area contributed by atoms with Gasteiger partial charge in [-0.15, -0.1) is 0 Å². The molecule has 0 unspecified atom stereocenters. The van der Waals surface area contributed by atoms with Crippen molar-refractivity contribution in [2.75, 3.05) is 11.5 Å². The van der Waals surface area contributed by atoms with Gasteiger partial charge < -0.3 is 4.74 Å². The third-order valence-corrected chi connectivity index (χ3v) is 5.74. The van der Waals surface area contributed by atoms with E-state index < -0.39 is 0 Å². The van der Waals surface area contributed by atoms with Crippen LogP contribution in [0, 0.1) is 13.8 Å². The first-order chi connectivity index (χ1) is 12.4. The molecule has 134 valence electrons. The summed E-state index contributed by atoms with van der Waals surface area (Å²) in [5.41, 5.74) is 3.87. The highest BCUT2D eigenvalue weighted by Crippen LogP contribution is 2.38. The summed E-state index contributed by atoms with van der Waals surface area (Å²) in [6, 6.07) is 11.7. The van der Waals surface area contributed by atoms with Crippen molar-refractivity contribution in [3.8, 4) is 5.75 Å². The van der Waals surface area contributed by atoms with Gasteiger partial charge in [0.15, 0.2) is 4.32 Å². The molecule has 3 rings (SSSR count). The number of hydrogen-bond donors (Lipinski definition) is 0. The summed E-state index contributed by atoms with van der Waals surface area (Å²) >= 11 is 10.3. The summed E-state index contributed by atoms with van der Waals surface area (Å²) in [5.74, 6) is 0.641. The number of amides is 1. The number of thiocarbonyl (C=S) groups is 1. The first-order valence-electron chi connectivity index (χ1n) is 8.18. The maximum Gasteiger partial charge on any atom is 0.270 e. The molecule has 0 bridgehead atoms. The predicted molar refractivity (Wildman–Crippen MR) is 117 cm³/mol. The van der Waals surface area contributed by atoms with Crippen molar-refractivity contribution in [2.24, 2.45) is 0 Å². The number of rotatable bonds is 4. The number of ether oxygens (including phenoxy) is 1. The number of carbonyl (C=O) groups excluding carboxylic acids is 1. The van der Waals surface area contributed by atoms with E-state index in [4.69, 9.17) is 17.0 Å². The van der Waals surface area contributed by atoms with Gasteiger partial charge in [-0.3, -0.25) is 9.69 Å². The zero-order chi connectivity index (χ0) is 18.8. The molecule has 2 aromatic carbocycles. The van der Waals surface area contributed by atoms with Crippen molar-refractivity contribution in [1.29, 1.82) is 0 Å². The Morgan fingerprint density at radius 2 is 2.00 bits per heavy atom. The lowest BCUT2D eigenvalue weighted by Gasteiger charge is -2.17. The third-order valence-electron chi connectivity index (χ3n) is 3.95. The number of hydrogen-bond acceptors (Lipinski definition) is 4. The fourth-order valence-corrected chi connectivity index (χ4v) is 4.45. The molecule has 0 N–H and O–H groups in total. The van der Waals surface area contributed by atoms with Crippen molar-refractivity contribution in [2.45, 2.75) is 20.8 Å². The predicted octanol–water partition coefficient (Wildman–Crippen LogP) is 5.87. The number of benzene rings is 2. The Labute approximate surface area is 171 Å². The number of anilines is 1. The minimum absolute atomic E-state index is 0.102. The molecule has 1 saturated heterocycles. The normalized spacial score (nSPS) is 15.8. The van der Waals surface area contributed by atoms with Gasteiger partial charge in [-0.05, 0) is 56.7 Å². The van der Waals surface area contributed by atoms with E-state index in [0.29, 0.717) is 15.8 Å². The van der Waals surface area contributed by atoms with Gasteiger partial charge >= 0.3 is 0 Å². The Bertz CT molecular complexity index is 924. The van der Waals surface area contributed by atoms with E-state index in [1.165, 1.54) is 11.8 Å². The van der Waals surface area contributed by atoms with Crippen molar-refractivity contribution in [3.05, 3.63) is 62.5 Å². The van der Waals surface area contributed by atoms with E-state index in [2.05, 4.69) is 22.0 Å². The summed E-state index contributed by atoms with van der Waals surface area (Å²) in [7, 11) is 0. The van der Waals surface area contributed by atoms with E-state index >= 15 is 0 Å². The van der Waals surface area contributed by atoms with Gasteiger partial charge in [-0.1, -0.05) is 57.6 Å². The van der Waals surface area contributed by atoms with Crippen molar-refractivity contribution < 1.29 is 9.53 Å². The Balaban J connectivity index is 1.99. The minimum atomic E-state index is -0.102. The summed E-state index contributed by atoms with van der Waals surface area (Å²) < 4.78 is 7.15. The fourth-order valence-electron chi connectivity index (χ4n) is 2.79. The molecule has 0 atom stereocenters. The summed E-state index contributed by atoms with van der Waals surface area (Å²) in [6.45, 7) is 6.52. The molecule has 2 aromatic rings. The molecule has 1 aliphatic rings. The number of aryl methyl sites for hydroxylation is 2. The molecule has 3 nitrogen and oxygen atoms in total. The first-order valence-corrected chi connectivity index (χ1v) is 10.2. The Morgan fingerprint density at radius 3 is 2.69 bits per heavy atom. The number of nitrogens with zero attached hydrogens (tertiary/aromatic N) is 1. The molecule has 0 radical (unpaired) electrons. The Kier molecular flexibility index (Phi) is 5.85. The van der Waals surface area contributed by atoms with Gasteiger partial charge in [-0.2, -0.15) is 0 Å². The second-order valence-corrected chi connectivity index (χ2v) is 8.51. The van der Waals surface area contributed by atoms with Crippen LogP contribution in [0.4, 0.5) is 5.69 Å². The molecule has 1 fully saturated rings. The van der Waals surface area contributed by atoms with Crippen LogP contribution in [0.25, 0.3) is 6.08 Å². The van der Waals surface area contributed by atoms with Gasteiger partial charge in [0.05, 0.1) is 17.2 Å². The van der Waals surface area contributed by atoms with Crippen LogP contribution < -0.4 is 9.64 Å². The lowest BCUT2D eigenvalue weighted by Crippen LogP contribution is -2.28. The lowest BCUT2D eigenvalue weighted by molar-refractivity contribution is -0.113. The molecule has 0 aromatic heterocycles. The van der Waals surface area contributed by atoms with Crippen LogP contribution in [0.5, 0.6) is 5.75 Å². The van der Waals surface area contributed by atoms with Gasteiger partial charge in [0.2, 0.25) is 0 Å². The van der Waals surface area contributed by atoms with Crippen molar-refractivity contribution >= 4 is 61.9 Å². The SMILES string of the molecule is CCOc1ccc(Br)cc1/C=C1\SC(=S)N(c2ccc(C)cc2C)C1=O. The van der Waals surface area contributed by atoms with Crippen LogP contribution in [0.2, 0.25) is 0 Å². The van der Waals surface area contributed by atoms with E-state index in [1.807, 2.05) is 57.2 Å². The molecule has 26 heavy (non-hydrogen) atoms. The van der Waals surface area contributed by atoms with Crippen LogP contribution in [0.3, 0.4) is 0 Å². The minimum Gasteiger partial charge on any atom is -0.493 e. The average Bonchev–Trinajstić information content (AvgIpc) is 2.85. The van der Waals surface area contributed by atoms with Crippen LogP contribution in [-0.2, 0) is 4.79 Å². The highest BCUT2D eigenvalue weighted by molar-refractivity contribution is 9.10. The quantitative estimate of drug-likeness (QED) is 0.432. The number of halogens is 1. The fraction of sp³-hybridized carbons (Fsp3) is 0.200. The lowest BCUT2D eigenvalue weighted by atomic mass is 10.1. The van der Waals surface area contributed by atoms with Crippen molar-refractivity contribution in [3.63, 3.8) is 0 Å². The molecule has 1 amide bonds. The van der Waals surface area contributed by atoms with E-state index in [9.17, 15) is 4.79 Å². The number of thioether (sulfide) groups is 1. The summed E-state index contributed by atoms with van der Waals surface area (Å²) in [6.07, 6.45) is 1.85. The van der Waals surface area contributed by atoms with Gasteiger partial charge in [0.1, 0.15) is 5.75 Å². The molecule has 6 heteroatoms. The van der Waals surface area contributed by atoms with E-state index in [-0.39, 0.29) is 5.91 Å². The molecule has 0 aliphatic carbocycles. The first kappa shape index (κ1) is 19.1. The largest absolute Gasteiger partial charge is 0.493 e. The Morgan fingerprint density at radius 1 is 1.23 bits per heavy atom. The van der Waals surface area contributed by atoms with E-state index in [0.717, 1.165) is 32.6 Å². The molecule has 0 spiro atoms.